The summed E-state index contributed by atoms with van der Waals surface area (Å²) in [6.45, 7) is 5.42. The Balaban J connectivity index is 1.85. The second-order valence-corrected chi connectivity index (χ2v) is 6.44. The highest BCUT2D eigenvalue weighted by atomic mass is 15.2. The normalized spacial score (nSPS) is 15.5. The van der Waals surface area contributed by atoms with E-state index >= 15 is 0 Å². The van der Waals surface area contributed by atoms with Gasteiger partial charge in [0.1, 0.15) is 5.65 Å². The van der Waals surface area contributed by atoms with E-state index in [1.54, 1.807) is 0 Å². The van der Waals surface area contributed by atoms with Crippen LogP contribution in [-0.4, -0.2) is 27.4 Å². The molecule has 3 aromatic rings. The first-order chi connectivity index (χ1) is 11.2. The Kier molecular flexibility index (Phi) is 3.54. The third-order valence-corrected chi connectivity index (χ3v) is 4.64. The molecule has 1 aliphatic rings. The first-order valence-corrected chi connectivity index (χ1v) is 8.26. The van der Waals surface area contributed by atoms with Crippen LogP contribution in [0.5, 0.6) is 0 Å². The van der Waals surface area contributed by atoms with Crippen molar-refractivity contribution in [1.29, 1.82) is 0 Å². The van der Waals surface area contributed by atoms with Crippen molar-refractivity contribution >= 4 is 11.3 Å². The Bertz CT molecular complexity index is 826. The van der Waals surface area contributed by atoms with Gasteiger partial charge in [-0.15, -0.1) is 0 Å². The lowest BCUT2D eigenvalue weighted by molar-refractivity contribution is 0.327. The number of rotatable bonds is 3. The average Bonchev–Trinajstić information content (AvgIpc) is 3.17. The Morgan fingerprint density at radius 3 is 2.57 bits per heavy atom. The van der Waals surface area contributed by atoms with Gasteiger partial charge in [-0.1, -0.05) is 12.1 Å². The molecular weight excluding hydrogens is 284 g/mol. The lowest BCUT2D eigenvalue weighted by Crippen LogP contribution is -2.19. The summed E-state index contributed by atoms with van der Waals surface area (Å²) in [5, 5.41) is 0. The largest absolute Gasteiger partial charge is 0.399 e. The van der Waals surface area contributed by atoms with E-state index in [0.717, 1.165) is 29.1 Å². The van der Waals surface area contributed by atoms with E-state index in [2.05, 4.69) is 46.7 Å². The van der Waals surface area contributed by atoms with Crippen LogP contribution in [0.2, 0.25) is 0 Å². The molecule has 2 aromatic heterocycles. The second-order valence-electron chi connectivity index (χ2n) is 6.44. The summed E-state index contributed by atoms with van der Waals surface area (Å²) in [5.41, 5.74) is 12.4. The highest BCUT2D eigenvalue weighted by molar-refractivity contribution is 5.68. The number of aryl methyl sites for hydroxylation is 1. The molecule has 0 aliphatic carbocycles. The van der Waals surface area contributed by atoms with Gasteiger partial charge in [-0.3, -0.25) is 4.90 Å². The Morgan fingerprint density at radius 2 is 1.83 bits per heavy atom. The molecule has 4 nitrogen and oxygen atoms in total. The maximum atomic E-state index is 5.84. The predicted molar refractivity (Wildman–Crippen MR) is 94.3 cm³/mol. The third kappa shape index (κ3) is 2.70. The summed E-state index contributed by atoms with van der Waals surface area (Å²) in [7, 11) is 0. The zero-order chi connectivity index (χ0) is 15.8. The first kappa shape index (κ1) is 14.3. The van der Waals surface area contributed by atoms with Crippen LogP contribution >= 0.6 is 0 Å². The number of anilines is 1. The van der Waals surface area contributed by atoms with Gasteiger partial charge in [0.15, 0.2) is 0 Å². The number of likely N-dealkylation sites (tertiary alicyclic amines) is 1. The SMILES string of the molecule is Cc1ccn2c(CN3CCCC3)c(-c3ccc(N)cc3)nc2c1. The van der Waals surface area contributed by atoms with Gasteiger partial charge in [0.25, 0.3) is 0 Å². The van der Waals surface area contributed by atoms with Gasteiger partial charge < -0.3 is 10.1 Å². The molecule has 4 rings (SSSR count). The quantitative estimate of drug-likeness (QED) is 0.754. The smallest absolute Gasteiger partial charge is 0.137 e. The fourth-order valence-corrected chi connectivity index (χ4v) is 3.37. The number of hydrogen-bond acceptors (Lipinski definition) is 3. The highest BCUT2D eigenvalue weighted by Gasteiger charge is 2.19. The molecule has 2 N–H and O–H groups in total. The molecule has 0 saturated carbocycles. The van der Waals surface area contributed by atoms with Crippen molar-refractivity contribution < 1.29 is 0 Å². The third-order valence-electron chi connectivity index (χ3n) is 4.64. The fraction of sp³-hybridized carbons (Fsp3) is 0.316. The van der Waals surface area contributed by atoms with E-state index in [9.17, 15) is 0 Å². The average molecular weight is 306 g/mol. The molecular formula is C19H22N4. The summed E-state index contributed by atoms with van der Waals surface area (Å²) in [5.74, 6) is 0. The molecule has 4 heteroatoms. The van der Waals surface area contributed by atoms with Crippen molar-refractivity contribution in [3.05, 3.63) is 53.9 Å². The molecule has 0 bridgehead atoms. The van der Waals surface area contributed by atoms with Crippen LogP contribution in [0.25, 0.3) is 16.9 Å². The molecule has 118 valence electrons. The van der Waals surface area contributed by atoms with Crippen LogP contribution in [0, 0.1) is 6.92 Å². The molecule has 0 radical (unpaired) electrons. The summed E-state index contributed by atoms with van der Waals surface area (Å²) < 4.78 is 2.23. The molecule has 1 saturated heterocycles. The van der Waals surface area contributed by atoms with Crippen molar-refractivity contribution in [3.8, 4) is 11.3 Å². The standard InChI is InChI=1S/C19H22N4/c1-14-8-11-23-17(13-22-9-2-3-10-22)19(21-18(23)12-14)15-4-6-16(20)7-5-15/h4-8,11-12H,2-3,9-10,13,20H2,1H3. The number of nitrogen functional groups attached to an aromatic ring is 1. The van der Waals surface area contributed by atoms with Crippen LogP contribution in [0.15, 0.2) is 42.6 Å². The van der Waals surface area contributed by atoms with E-state index < -0.39 is 0 Å². The van der Waals surface area contributed by atoms with Gasteiger partial charge in [0, 0.05) is 24.0 Å². The minimum Gasteiger partial charge on any atom is -0.399 e. The number of fused-ring (bicyclic) bond motifs is 1. The predicted octanol–water partition coefficient (Wildman–Crippen LogP) is 3.49. The van der Waals surface area contributed by atoms with E-state index in [-0.39, 0.29) is 0 Å². The van der Waals surface area contributed by atoms with Gasteiger partial charge in [-0.05, 0) is 62.7 Å². The fourth-order valence-electron chi connectivity index (χ4n) is 3.37. The molecule has 1 fully saturated rings. The molecule has 0 amide bonds. The van der Waals surface area contributed by atoms with E-state index in [1.165, 1.54) is 37.2 Å². The molecule has 3 heterocycles. The number of hydrogen-bond donors (Lipinski definition) is 1. The second kappa shape index (κ2) is 5.70. The van der Waals surface area contributed by atoms with E-state index in [0.29, 0.717) is 0 Å². The molecule has 0 atom stereocenters. The zero-order valence-electron chi connectivity index (χ0n) is 13.5. The minimum atomic E-state index is 0.787. The summed E-state index contributed by atoms with van der Waals surface area (Å²) >= 11 is 0. The monoisotopic (exact) mass is 306 g/mol. The highest BCUT2D eigenvalue weighted by Crippen LogP contribution is 2.27. The number of nitrogens with two attached hydrogens (primary N) is 1. The number of benzene rings is 1. The van der Waals surface area contributed by atoms with Crippen LogP contribution in [0.1, 0.15) is 24.1 Å². The van der Waals surface area contributed by atoms with Gasteiger partial charge in [0.05, 0.1) is 11.4 Å². The zero-order valence-corrected chi connectivity index (χ0v) is 13.5. The summed E-state index contributed by atoms with van der Waals surface area (Å²) in [6, 6.07) is 12.3. The van der Waals surface area contributed by atoms with Crippen LogP contribution < -0.4 is 5.73 Å². The molecule has 1 aromatic carbocycles. The van der Waals surface area contributed by atoms with Gasteiger partial charge >= 0.3 is 0 Å². The lowest BCUT2D eigenvalue weighted by Gasteiger charge is -2.15. The number of nitrogens with zero attached hydrogens (tertiary/aromatic N) is 3. The van der Waals surface area contributed by atoms with Crippen molar-refractivity contribution in [1.82, 2.24) is 14.3 Å². The maximum absolute atomic E-state index is 5.84. The number of imidazole rings is 1. The molecule has 0 spiro atoms. The van der Waals surface area contributed by atoms with E-state index in [4.69, 9.17) is 10.7 Å². The topological polar surface area (TPSA) is 46.6 Å². The van der Waals surface area contributed by atoms with Gasteiger partial charge in [-0.25, -0.2) is 4.98 Å². The van der Waals surface area contributed by atoms with Crippen molar-refractivity contribution in [2.24, 2.45) is 0 Å². The summed E-state index contributed by atoms with van der Waals surface area (Å²) in [6.07, 6.45) is 4.74. The molecule has 1 aliphatic heterocycles. The van der Waals surface area contributed by atoms with Crippen molar-refractivity contribution in [2.45, 2.75) is 26.3 Å². The minimum absolute atomic E-state index is 0.787. The lowest BCUT2D eigenvalue weighted by atomic mass is 10.1. The van der Waals surface area contributed by atoms with Crippen LogP contribution in [0.4, 0.5) is 5.69 Å². The van der Waals surface area contributed by atoms with Crippen LogP contribution in [-0.2, 0) is 6.54 Å². The molecule has 23 heavy (non-hydrogen) atoms. The maximum Gasteiger partial charge on any atom is 0.137 e. The van der Waals surface area contributed by atoms with Crippen molar-refractivity contribution in [3.63, 3.8) is 0 Å². The number of aromatic nitrogens is 2. The Morgan fingerprint density at radius 1 is 1.09 bits per heavy atom. The Labute approximate surface area is 136 Å². The van der Waals surface area contributed by atoms with Gasteiger partial charge in [0.2, 0.25) is 0 Å². The Hall–Kier alpha value is -2.33. The van der Waals surface area contributed by atoms with Gasteiger partial charge in [-0.2, -0.15) is 0 Å². The summed E-state index contributed by atoms with van der Waals surface area (Å²) in [4.78, 5) is 7.43. The van der Waals surface area contributed by atoms with E-state index in [1.807, 2.05) is 12.1 Å². The molecule has 0 unspecified atom stereocenters. The van der Waals surface area contributed by atoms with Crippen molar-refractivity contribution in [2.75, 3.05) is 18.8 Å². The number of pyridine rings is 1. The first-order valence-electron chi connectivity index (χ1n) is 8.26. The van der Waals surface area contributed by atoms with Crippen LogP contribution in [0.3, 0.4) is 0 Å².